The van der Waals surface area contributed by atoms with Crippen molar-refractivity contribution in [3.05, 3.63) is 23.5 Å². The van der Waals surface area contributed by atoms with Gasteiger partial charge in [-0.1, -0.05) is 11.6 Å². The monoisotopic (exact) mass is 306 g/mol. The van der Waals surface area contributed by atoms with Gasteiger partial charge < -0.3 is 15.8 Å². The van der Waals surface area contributed by atoms with E-state index in [1.54, 1.807) is 25.4 Å². The van der Waals surface area contributed by atoms with Crippen LogP contribution in [-0.2, 0) is 9.53 Å². The zero-order valence-electron chi connectivity index (χ0n) is 11.5. The zero-order valence-corrected chi connectivity index (χ0v) is 12.2. The Morgan fingerprint density at radius 2 is 2.38 bits per heavy atom. The number of amides is 1. The molecule has 0 aromatic carbocycles. The van der Waals surface area contributed by atoms with E-state index in [4.69, 9.17) is 22.1 Å². The van der Waals surface area contributed by atoms with Crippen LogP contribution in [0.3, 0.4) is 0 Å². The fraction of sp³-hybridized carbons (Fsp3) is 0.357. The summed E-state index contributed by atoms with van der Waals surface area (Å²) >= 11 is 5.88. The first-order valence-corrected chi connectivity index (χ1v) is 6.98. The second kappa shape index (κ2) is 5.46. The molecule has 3 N–H and O–H groups in total. The number of ether oxygens (including phenoxy) is 1. The van der Waals surface area contributed by atoms with Gasteiger partial charge in [0.15, 0.2) is 0 Å². The molecule has 21 heavy (non-hydrogen) atoms. The lowest BCUT2D eigenvalue weighted by Crippen LogP contribution is -2.16. The Bertz CT molecular complexity index is 707. The van der Waals surface area contributed by atoms with Crippen LogP contribution in [0.4, 0.5) is 11.6 Å². The number of halogens is 1. The highest BCUT2D eigenvalue weighted by atomic mass is 35.5. The minimum absolute atomic E-state index is 0.00791. The van der Waals surface area contributed by atoms with Crippen molar-refractivity contribution in [3.63, 3.8) is 0 Å². The fourth-order valence-corrected chi connectivity index (χ4v) is 2.60. The SMILES string of the molecule is COCC1CC1C(=O)Nc1cc2cc(Cl)nc(N)c2cn1. The van der Waals surface area contributed by atoms with E-state index in [-0.39, 0.29) is 11.8 Å². The molecule has 2 aromatic rings. The summed E-state index contributed by atoms with van der Waals surface area (Å²) in [6.07, 6.45) is 2.44. The first-order chi connectivity index (χ1) is 10.1. The Morgan fingerprint density at radius 1 is 1.57 bits per heavy atom. The van der Waals surface area contributed by atoms with Gasteiger partial charge in [-0.25, -0.2) is 9.97 Å². The number of nitrogens with one attached hydrogen (secondary N) is 1. The smallest absolute Gasteiger partial charge is 0.229 e. The number of hydrogen-bond acceptors (Lipinski definition) is 5. The minimum atomic E-state index is -0.0305. The van der Waals surface area contributed by atoms with Gasteiger partial charge in [0.1, 0.15) is 16.8 Å². The number of methoxy groups -OCH3 is 1. The van der Waals surface area contributed by atoms with Crippen LogP contribution in [0.15, 0.2) is 18.3 Å². The Labute approximate surface area is 126 Å². The van der Waals surface area contributed by atoms with E-state index in [2.05, 4.69) is 15.3 Å². The van der Waals surface area contributed by atoms with Gasteiger partial charge in [-0.2, -0.15) is 0 Å². The molecular formula is C14H15ClN4O2. The van der Waals surface area contributed by atoms with Crippen molar-refractivity contribution in [2.24, 2.45) is 11.8 Å². The lowest BCUT2D eigenvalue weighted by Gasteiger charge is -2.07. The van der Waals surface area contributed by atoms with Crippen molar-refractivity contribution in [3.8, 4) is 0 Å². The van der Waals surface area contributed by atoms with Gasteiger partial charge in [0.05, 0.1) is 0 Å². The number of anilines is 2. The number of nitrogens with two attached hydrogens (primary N) is 1. The lowest BCUT2D eigenvalue weighted by atomic mass is 10.2. The largest absolute Gasteiger partial charge is 0.384 e. The van der Waals surface area contributed by atoms with Crippen molar-refractivity contribution >= 4 is 39.9 Å². The molecule has 6 nitrogen and oxygen atoms in total. The summed E-state index contributed by atoms with van der Waals surface area (Å²) in [6, 6.07) is 3.43. The summed E-state index contributed by atoms with van der Waals surface area (Å²) in [4.78, 5) is 20.2. The topological polar surface area (TPSA) is 90.1 Å². The predicted molar refractivity (Wildman–Crippen MR) is 81.1 cm³/mol. The molecule has 7 heteroatoms. The Balaban J connectivity index is 1.77. The van der Waals surface area contributed by atoms with Crippen LogP contribution in [0.25, 0.3) is 10.8 Å². The number of nitrogen functional groups attached to an aromatic ring is 1. The van der Waals surface area contributed by atoms with Gasteiger partial charge in [0.25, 0.3) is 0 Å². The Morgan fingerprint density at radius 3 is 3.14 bits per heavy atom. The molecule has 110 valence electrons. The molecule has 1 saturated carbocycles. The van der Waals surface area contributed by atoms with Crippen molar-refractivity contribution in [2.75, 3.05) is 24.8 Å². The molecule has 3 rings (SSSR count). The highest BCUT2D eigenvalue weighted by molar-refractivity contribution is 6.30. The summed E-state index contributed by atoms with van der Waals surface area (Å²) < 4.78 is 5.05. The molecule has 0 bridgehead atoms. The number of carbonyl (C=O) groups is 1. The van der Waals surface area contributed by atoms with E-state index >= 15 is 0 Å². The molecule has 1 amide bonds. The van der Waals surface area contributed by atoms with E-state index in [0.29, 0.717) is 34.7 Å². The van der Waals surface area contributed by atoms with Crippen molar-refractivity contribution in [2.45, 2.75) is 6.42 Å². The van der Waals surface area contributed by atoms with Crippen LogP contribution in [0.5, 0.6) is 0 Å². The maximum absolute atomic E-state index is 12.1. The third kappa shape index (κ3) is 2.91. The zero-order chi connectivity index (χ0) is 15.0. The maximum atomic E-state index is 12.1. The van der Waals surface area contributed by atoms with Gasteiger partial charge in [-0.15, -0.1) is 0 Å². The summed E-state index contributed by atoms with van der Waals surface area (Å²) in [5, 5.41) is 4.63. The van der Waals surface area contributed by atoms with E-state index < -0.39 is 0 Å². The first kappa shape index (κ1) is 14.0. The summed E-state index contributed by atoms with van der Waals surface area (Å²) in [7, 11) is 1.64. The molecule has 0 saturated heterocycles. The number of rotatable bonds is 4. The van der Waals surface area contributed by atoms with E-state index in [1.165, 1.54) is 0 Å². The number of fused-ring (bicyclic) bond motifs is 1. The Hall–Kier alpha value is -1.92. The highest BCUT2D eigenvalue weighted by Crippen LogP contribution is 2.39. The number of carbonyl (C=O) groups excluding carboxylic acids is 1. The van der Waals surface area contributed by atoms with Crippen LogP contribution >= 0.6 is 11.6 Å². The summed E-state index contributed by atoms with van der Waals surface area (Å²) in [5.41, 5.74) is 5.78. The molecule has 0 spiro atoms. The normalized spacial score (nSPS) is 20.5. The molecule has 2 heterocycles. The highest BCUT2D eigenvalue weighted by Gasteiger charge is 2.42. The molecule has 1 aliphatic carbocycles. The lowest BCUT2D eigenvalue weighted by molar-refractivity contribution is -0.117. The summed E-state index contributed by atoms with van der Waals surface area (Å²) in [6.45, 7) is 0.612. The van der Waals surface area contributed by atoms with Crippen LogP contribution in [0.2, 0.25) is 5.15 Å². The van der Waals surface area contributed by atoms with E-state index in [0.717, 1.165) is 11.8 Å². The predicted octanol–water partition coefficient (Wildman–Crippen LogP) is 2.09. The molecule has 0 aliphatic heterocycles. The molecule has 2 atom stereocenters. The fourth-order valence-electron chi connectivity index (χ4n) is 2.39. The van der Waals surface area contributed by atoms with Crippen molar-refractivity contribution in [1.82, 2.24) is 9.97 Å². The van der Waals surface area contributed by atoms with Gasteiger partial charge in [0.2, 0.25) is 5.91 Å². The van der Waals surface area contributed by atoms with Crippen molar-refractivity contribution in [1.29, 1.82) is 0 Å². The van der Waals surface area contributed by atoms with E-state index in [9.17, 15) is 4.79 Å². The standard InChI is InChI=1S/C14H15ClN4O2/c1-21-6-8-2-9(8)14(20)19-12-4-7-3-11(15)18-13(16)10(7)5-17-12/h3-5,8-9H,2,6H2,1H3,(H2,16,18)(H,17,19,20). The number of aromatic nitrogens is 2. The third-order valence-electron chi connectivity index (χ3n) is 3.61. The average Bonchev–Trinajstić information content (AvgIpc) is 3.18. The van der Waals surface area contributed by atoms with Crippen LogP contribution in [0.1, 0.15) is 6.42 Å². The quantitative estimate of drug-likeness (QED) is 0.844. The second-order valence-corrected chi connectivity index (χ2v) is 5.56. The second-order valence-electron chi connectivity index (χ2n) is 5.17. The molecular weight excluding hydrogens is 292 g/mol. The maximum Gasteiger partial charge on any atom is 0.229 e. The molecule has 1 fully saturated rings. The number of hydrogen-bond donors (Lipinski definition) is 2. The van der Waals surface area contributed by atoms with Gasteiger partial charge >= 0.3 is 0 Å². The van der Waals surface area contributed by atoms with Crippen molar-refractivity contribution < 1.29 is 9.53 Å². The van der Waals surface area contributed by atoms with Crippen LogP contribution < -0.4 is 11.1 Å². The van der Waals surface area contributed by atoms with Gasteiger partial charge in [0, 0.05) is 31.2 Å². The molecule has 2 unspecified atom stereocenters. The van der Waals surface area contributed by atoms with E-state index in [1.807, 2.05) is 0 Å². The molecule has 2 aromatic heterocycles. The third-order valence-corrected chi connectivity index (χ3v) is 3.80. The Kier molecular flexibility index (Phi) is 3.65. The number of pyridine rings is 2. The molecule has 1 aliphatic rings. The first-order valence-electron chi connectivity index (χ1n) is 6.60. The summed E-state index contributed by atoms with van der Waals surface area (Å²) in [5.74, 6) is 1.10. The average molecular weight is 307 g/mol. The van der Waals surface area contributed by atoms with Crippen LogP contribution in [-0.4, -0.2) is 29.6 Å². The van der Waals surface area contributed by atoms with Crippen LogP contribution in [0, 0.1) is 11.8 Å². The van der Waals surface area contributed by atoms with Gasteiger partial charge in [-0.3, -0.25) is 4.79 Å². The van der Waals surface area contributed by atoms with Gasteiger partial charge in [-0.05, 0) is 29.9 Å². The number of nitrogens with zero attached hydrogens (tertiary/aromatic N) is 2. The molecule has 0 radical (unpaired) electrons. The minimum Gasteiger partial charge on any atom is -0.384 e.